The topological polar surface area (TPSA) is 27.1 Å². The lowest BCUT2D eigenvalue weighted by atomic mass is 10.1. The van der Waals surface area contributed by atoms with Gasteiger partial charge in [0.25, 0.3) is 0 Å². The van der Waals surface area contributed by atoms with Gasteiger partial charge in [0, 0.05) is 22.5 Å². The van der Waals surface area contributed by atoms with E-state index < -0.39 is 0 Å². The van der Waals surface area contributed by atoms with E-state index in [2.05, 4.69) is 41.0 Å². The van der Waals surface area contributed by atoms with E-state index in [-0.39, 0.29) is 0 Å². The summed E-state index contributed by atoms with van der Waals surface area (Å²) in [6, 6.07) is 30.6. The van der Waals surface area contributed by atoms with Crippen LogP contribution in [0.4, 0.5) is 0 Å². The molecule has 148 valence electrons. The van der Waals surface area contributed by atoms with E-state index in [0.29, 0.717) is 11.6 Å². The number of halogens is 1. The average Bonchev–Trinajstić information content (AvgIpc) is 3.15. The zero-order chi connectivity index (χ0) is 20.3. The van der Waals surface area contributed by atoms with E-state index in [1.54, 1.807) is 0 Å². The first-order valence-corrected chi connectivity index (χ1v) is 10.5. The van der Waals surface area contributed by atoms with Crippen LogP contribution in [0, 0.1) is 0 Å². The predicted molar refractivity (Wildman–Crippen MR) is 124 cm³/mol. The first kappa shape index (κ1) is 18.7. The molecule has 0 aliphatic carbocycles. The molecule has 0 bridgehead atoms. The maximum Gasteiger partial charge on any atom is 0.141 e. The third-order valence-corrected chi connectivity index (χ3v) is 5.51. The van der Waals surface area contributed by atoms with Crippen LogP contribution in [0.2, 0.25) is 5.02 Å². The number of benzene rings is 4. The van der Waals surface area contributed by atoms with Crippen LogP contribution >= 0.6 is 11.6 Å². The average molecular weight is 413 g/mol. The highest BCUT2D eigenvalue weighted by atomic mass is 35.5. The predicted octanol–water partition coefficient (Wildman–Crippen LogP) is 6.98. The number of imidazole rings is 1. The van der Waals surface area contributed by atoms with Crippen LogP contribution in [-0.2, 0) is 6.54 Å². The van der Waals surface area contributed by atoms with Crippen LogP contribution < -0.4 is 4.74 Å². The fourth-order valence-electron chi connectivity index (χ4n) is 3.88. The van der Waals surface area contributed by atoms with Crippen molar-refractivity contribution in [2.24, 2.45) is 0 Å². The normalized spacial score (nSPS) is 11.2. The van der Waals surface area contributed by atoms with Crippen molar-refractivity contribution in [1.82, 2.24) is 9.55 Å². The minimum absolute atomic E-state index is 0.634. The van der Waals surface area contributed by atoms with E-state index in [0.717, 1.165) is 46.5 Å². The second-order valence-electron chi connectivity index (χ2n) is 7.27. The van der Waals surface area contributed by atoms with Gasteiger partial charge < -0.3 is 9.30 Å². The number of hydrogen-bond acceptors (Lipinski definition) is 2. The Morgan fingerprint density at radius 2 is 1.63 bits per heavy atom. The Bertz CT molecular complexity index is 1320. The number of fused-ring (bicyclic) bond motifs is 2. The van der Waals surface area contributed by atoms with Gasteiger partial charge in [-0.05, 0) is 42.1 Å². The lowest BCUT2D eigenvalue weighted by Gasteiger charge is -2.12. The molecule has 1 aromatic heterocycles. The van der Waals surface area contributed by atoms with E-state index in [1.165, 1.54) is 5.39 Å². The molecule has 0 N–H and O–H groups in total. The van der Waals surface area contributed by atoms with Crippen LogP contribution in [0.1, 0.15) is 6.42 Å². The molecule has 0 atom stereocenters. The quantitative estimate of drug-likeness (QED) is 0.281. The third-order valence-electron chi connectivity index (χ3n) is 5.27. The largest absolute Gasteiger partial charge is 0.493 e. The van der Waals surface area contributed by atoms with Gasteiger partial charge in [-0.1, -0.05) is 72.3 Å². The molecule has 1 heterocycles. The second-order valence-corrected chi connectivity index (χ2v) is 7.70. The summed E-state index contributed by atoms with van der Waals surface area (Å²) in [6.45, 7) is 1.45. The Balaban J connectivity index is 1.38. The van der Waals surface area contributed by atoms with Crippen LogP contribution in [0.15, 0.2) is 91.0 Å². The number of hydrogen-bond donors (Lipinski definition) is 0. The number of aryl methyl sites for hydroxylation is 1. The summed E-state index contributed by atoms with van der Waals surface area (Å²) >= 11 is 6.23. The maximum absolute atomic E-state index is 6.23. The molecule has 0 aliphatic rings. The van der Waals surface area contributed by atoms with Crippen LogP contribution in [0.3, 0.4) is 0 Å². The lowest BCUT2D eigenvalue weighted by molar-refractivity contribution is 0.306. The van der Waals surface area contributed by atoms with Crippen molar-refractivity contribution < 1.29 is 4.74 Å². The van der Waals surface area contributed by atoms with Crippen molar-refractivity contribution in [3.63, 3.8) is 0 Å². The third kappa shape index (κ3) is 3.64. The minimum atomic E-state index is 0.634. The van der Waals surface area contributed by atoms with Crippen molar-refractivity contribution in [1.29, 1.82) is 0 Å². The number of ether oxygens (including phenoxy) is 1. The molecule has 5 aromatic rings. The molecular formula is C26H21ClN2O. The zero-order valence-electron chi connectivity index (χ0n) is 16.5. The molecule has 0 saturated heterocycles. The summed E-state index contributed by atoms with van der Waals surface area (Å²) in [5, 5.41) is 3.05. The summed E-state index contributed by atoms with van der Waals surface area (Å²) in [6.07, 6.45) is 0.872. The number of aromatic nitrogens is 2. The highest BCUT2D eigenvalue weighted by molar-refractivity contribution is 6.30. The molecule has 0 unspecified atom stereocenters. The van der Waals surface area contributed by atoms with Crippen molar-refractivity contribution in [2.75, 3.05) is 6.61 Å². The van der Waals surface area contributed by atoms with Gasteiger partial charge in [-0.3, -0.25) is 0 Å². The number of nitrogens with zero attached hydrogens (tertiary/aromatic N) is 2. The van der Waals surface area contributed by atoms with Gasteiger partial charge in [-0.2, -0.15) is 0 Å². The number of rotatable bonds is 6. The van der Waals surface area contributed by atoms with Gasteiger partial charge >= 0.3 is 0 Å². The van der Waals surface area contributed by atoms with Gasteiger partial charge in [0.05, 0.1) is 17.6 Å². The Morgan fingerprint density at radius 1 is 0.833 bits per heavy atom. The molecule has 3 nitrogen and oxygen atoms in total. The summed E-state index contributed by atoms with van der Waals surface area (Å²) < 4.78 is 8.40. The summed E-state index contributed by atoms with van der Waals surface area (Å²) in [5.41, 5.74) is 3.13. The van der Waals surface area contributed by atoms with Crippen molar-refractivity contribution in [3.05, 3.63) is 96.0 Å². The van der Waals surface area contributed by atoms with Crippen LogP contribution in [0.5, 0.6) is 5.75 Å². The first-order valence-electron chi connectivity index (χ1n) is 10.1. The molecule has 0 radical (unpaired) electrons. The molecular weight excluding hydrogens is 392 g/mol. The van der Waals surface area contributed by atoms with Gasteiger partial charge in [0.1, 0.15) is 11.6 Å². The van der Waals surface area contributed by atoms with Gasteiger partial charge in [-0.15, -0.1) is 0 Å². The van der Waals surface area contributed by atoms with Crippen LogP contribution in [-0.4, -0.2) is 16.2 Å². The molecule has 0 aliphatic heterocycles. The van der Waals surface area contributed by atoms with Gasteiger partial charge in [0.15, 0.2) is 0 Å². The molecule has 0 saturated carbocycles. The van der Waals surface area contributed by atoms with E-state index in [1.807, 2.05) is 54.6 Å². The summed E-state index contributed by atoms with van der Waals surface area (Å²) in [7, 11) is 0. The Morgan fingerprint density at radius 3 is 2.57 bits per heavy atom. The highest BCUT2D eigenvalue weighted by Crippen LogP contribution is 2.28. The minimum Gasteiger partial charge on any atom is -0.493 e. The molecule has 30 heavy (non-hydrogen) atoms. The summed E-state index contributed by atoms with van der Waals surface area (Å²) in [4.78, 5) is 4.87. The standard InChI is InChI=1S/C26H21ClN2O/c27-21-11-5-10-20(18-21)26-28-23-13-3-4-14-24(23)29(26)16-7-17-30-25-15-6-9-19-8-1-2-12-22(19)25/h1-6,8-15,18H,7,16-17H2. The first-order chi connectivity index (χ1) is 14.8. The van der Waals surface area contributed by atoms with Crippen molar-refractivity contribution in [2.45, 2.75) is 13.0 Å². The molecule has 0 fully saturated rings. The van der Waals surface area contributed by atoms with E-state index >= 15 is 0 Å². The molecule has 4 heteroatoms. The number of para-hydroxylation sites is 2. The second kappa shape index (κ2) is 8.21. The van der Waals surface area contributed by atoms with Gasteiger partial charge in [-0.25, -0.2) is 4.98 Å². The fourth-order valence-corrected chi connectivity index (χ4v) is 4.07. The molecule has 5 rings (SSSR count). The monoisotopic (exact) mass is 412 g/mol. The van der Waals surface area contributed by atoms with E-state index in [4.69, 9.17) is 21.3 Å². The molecule has 0 spiro atoms. The molecule has 0 amide bonds. The fraction of sp³-hybridized carbons (Fsp3) is 0.115. The zero-order valence-corrected chi connectivity index (χ0v) is 17.2. The Labute approximate surface area is 180 Å². The van der Waals surface area contributed by atoms with Crippen molar-refractivity contribution in [3.8, 4) is 17.1 Å². The maximum atomic E-state index is 6.23. The molecule has 4 aromatic carbocycles. The smallest absolute Gasteiger partial charge is 0.141 e. The van der Waals surface area contributed by atoms with Crippen molar-refractivity contribution >= 4 is 33.4 Å². The van der Waals surface area contributed by atoms with E-state index in [9.17, 15) is 0 Å². The SMILES string of the molecule is Clc1cccc(-c2nc3ccccc3n2CCCOc2cccc3ccccc23)c1. The summed E-state index contributed by atoms with van der Waals surface area (Å²) in [5.74, 6) is 1.86. The Kier molecular flexibility index (Phi) is 5.12. The highest BCUT2D eigenvalue weighted by Gasteiger charge is 2.12. The van der Waals surface area contributed by atoms with Gasteiger partial charge in [0.2, 0.25) is 0 Å². The lowest BCUT2D eigenvalue weighted by Crippen LogP contribution is -2.06. The van der Waals surface area contributed by atoms with Crippen LogP contribution in [0.25, 0.3) is 33.2 Å². The Hall–Kier alpha value is -3.30.